The minimum atomic E-state index is -0.171. The Morgan fingerprint density at radius 2 is 1.94 bits per heavy atom. The molecule has 1 N–H and O–H groups in total. The van der Waals surface area contributed by atoms with Gasteiger partial charge in [0.25, 0.3) is 11.8 Å². The van der Waals surface area contributed by atoms with Gasteiger partial charge in [0.15, 0.2) is 4.96 Å². The maximum absolute atomic E-state index is 13.4. The monoisotopic (exact) mass is 458 g/mol. The summed E-state index contributed by atoms with van der Waals surface area (Å²) >= 11 is 1.55. The van der Waals surface area contributed by atoms with Gasteiger partial charge in [0.2, 0.25) is 0 Å². The summed E-state index contributed by atoms with van der Waals surface area (Å²) in [6.07, 6.45) is 4.39. The van der Waals surface area contributed by atoms with Crippen molar-refractivity contribution in [2.24, 2.45) is 0 Å². The number of carbonyl (C=O) groups is 2. The van der Waals surface area contributed by atoms with Crippen LogP contribution in [-0.4, -0.2) is 45.2 Å². The van der Waals surface area contributed by atoms with Crippen LogP contribution in [0.4, 0.5) is 0 Å². The zero-order valence-corrected chi connectivity index (χ0v) is 19.8. The van der Waals surface area contributed by atoms with E-state index >= 15 is 0 Å². The molecule has 0 aliphatic carbocycles. The standard InChI is InChI=1S/C26H26N4O2S/c1-16-8-9-19(12-17(16)2)21-6-4-5-7-22(21)25(32)29-11-10-20(29)13-27-24(31)23-14-28-26-30(23)15-18(3)33-26/h4-9,12,14-15,20H,10-11,13H2,1-3H3,(H,27,31)/t20-/m1/s1. The number of aryl methyl sites for hydroxylation is 3. The SMILES string of the molecule is Cc1cn2c(C(=O)NC[C@H]3CCN3C(=O)c3ccccc3-c3ccc(C)c(C)c3)cnc2s1. The molecule has 0 unspecified atom stereocenters. The molecular formula is C26H26N4O2S. The molecule has 1 fully saturated rings. The first kappa shape index (κ1) is 21.4. The van der Waals surface area contributed by atoms with Crippen molar-refractivity contribution in [3.05, 3.63) is 82.1 Å². The van der Waals surface area contributed by atoms with Crippen LogP contribution in [0.25, 0.3) is 16.1 Å². The number of nitrogens with one attached hydrogen (secondary N) is 1. The van der Waals surface area contributed by atoms with E-state index in [-0.39, 0.29) is 17.9 Å². The molecule has 1 aliphatic heterocycles. The van der Waals surface area contributed by atoms with Gasteiger partial charge in [0, 0.05) is 29.7 Å². The van der Waals surface area contributed by atoms with E-state index in [0.717, 1.165) is 27.4 Å². The highest BCUT2D eigenvalue weighted by molar-refractivity contribution is 7.17. The molecule has 2 aromatic heterocycles. The predicted molar refractivity (Wildman–Crippen MR) is 131 cm³/mol. The van der Waals surface area contributed by atoms with E-state index in [1.807, 2.05) is 46.7 Å². The molecular weight excluding hydrogens is 432 g/mol. The zero-order valence-electron chi connectivity index (χ0n) is 19.0. The van der Waals surface area contributed by atoms with E-state index in [2.05, 4.69) is 42.3 Å². The van der Waals surface area contributed by atoms with Crippen LogP contribution in [0.5, 0.6) is 0 Å². The van der Waals surface area contributed by atoms with Gasteiger partial charge in [-0.2, -0.15) is 0 Å². The van der Waals surface area contributed by atoms with E-state index in [1.165, 1.54) is 11.1 Å². The number of carbonyl (C=O) groups excluding carboxylic acids is 2. The number of amides is 2. The molecule has 4 aromatic rings. The van der Waals surface area contributed by atoms with E-state index in [1.54, 1.807) is 17.5 Å². The molecule has 1 atom stereocenters. The van der Waals surface area contributed by atoms with E-state index in [0.29, 0.717) is 24.3 Å². The van der Waals surface area contributed by atoms with Crippen LogP contribution in [0.2, 0.25) is 0 Å². The van der Waals surface area contributed by atoms with Gasteiger partial charge in [-0.25, -0.2) is 4.98 Å². The predicted octanol–water partition coefficient (Wildman–Crippen LogP) is 4.63. The van der Waals surface area contributed by atoms with E-state index in [9.17, 15) is 9.59 Å². The summed E-state index contributed by atoms with van der Waals surface area (Å²) in [6, 6.07) is 14.0. The van der Waals surface area contributed by atoms with Crippen molar-refractivity contribution in [2.75, 3.05) is 13.1 Å². The molecule has 0 saturated carbocycles. The van der Waals surface area contributed by atoms with E-state index in [4.69, 9.17) is 0 Å². The number of fused-ring (bicyclic) bond motifs is 1. The quantitative estimate of drug-likeness (QED) is 0.474. The van der Waals surface area contributed by atoms with Gasteiger partial charge in [0.1, 0.15) is 5.69 Å². The molecule has 0 radical (unpaired) electrons. The molecule has 1 aliphatic rings. The summed E-state index contributed by atoms with van der Waals surface area (Å²) in [7, 11) is 0. The fourth-order valence-corrected chi connectivity index (χ4v) is 5.07. The average molecular weight is 459 g/mol. The molecule has 2 amide bonds. The van der Waals surface area contributed by atoms with Crippen molar-refractivity contribution in [1.82, 2.24) is 19.6 Å². The minimum Gasteiger partial charge on any atom is -0.349 e. The largest absolute Gasteiger partial charge is 0.349 e. The van der Waals surface area contributed by atoms with Crippen LogP contribution < -0.4 is 5.32 Å². The third-order valence-electron chi connectivity index (χ3n) is 6.44. The Bertz CT molecular complexity index is 1370. The smallest absolute Gasteiger partial charge is 0.270 e. The minimum absolute atomic E-state index is 0.00882. The number of hydrogen-bond acceptors (Lipinski definition) is 4. The molecule has 5 rings (SSSR count). The molecule has 6 nitrogen and oxygen atoms in total. The van der Waals surface area contributed by atoms with Gasteiger partial charge < -0.3 is 10.2 Å². The van der Waals surface area contributed by atoms with Crippen molar-refractivity contribution in [3.8, 4) is 11.1 Å². The van der Waals surface area contributed by atoms with Gasteiger partial charge in [-0.3, -0.25) is 14.0 Å². The third-order valence-corrected chi connectivity index (χ3v) is 7.35. The van der Waals surface area contributed by atoms with Gasteiger partial charge in [-0.05, 0) is 55.5 Å². The second-order valence-corrected chi connectivity index (χ2v) is 9.85. The molecule has 0 spiro atoms. The lowest BCUT2D eigenvalue weighted by molar-refractivity contribution is 0.0456. The Labute approximate surface area is 196 Å². The number of likely N-dealkylation sites (tertiary alicyclic amines) is 1. The van der Waals surface area contributed by atoms with Crippen molar-refractivity contribution >= 4 is 28.1 Å². The first-order chi connectivity index (χ1) is 15.9. The highest BCUT2D eigenvalue weighted by atomic mass is 32.1. The molecule has 0 bridgehead atoms. The van der Waals surface area contributed by atoms with Crippen molar-refractivity contribution in [3.63, 3.8) is 0 Å². The number of aromatic nitrogens is 2. The number of hydrogen-bond donors (Lipinski definition) is 1. The Balaban J connectivity index is 1.30. The topological polar surface area (TPSA) is 66.7 Å². The zero-order chi connectivity index (χ0) is 23.1. The second kappa shape index (κ2) is 8.48. The van der Waals surface area contributed by atoms with Gasteiger partial charge in [-0.1, -0.05) is 36.4 Å². The van der Waals surface area contributed by atoms with Crippen LogP contribution in [-0.2, 0) is 0 Å². The number of imidazole rings is 1. The lowest BCUT2D eigenvalue weighted by Crippen LogP contribution is -2.56. The molecule has 33 heavy (non-hydrogen) atoms. The summed E-state index contributed by atoms with van der Waals surface area (Å²) in [5, 5.41) is 3.00. The first-order valence-electron chi connectivity index (χ1n) is 11.1. The fourth-order valence-electron chi connectivity index (χ4n) is 4.27. The van der Waals surface area contributed by atoms with Crippen LogP contribution in [0.3, 0.4) is 0 Å². The second-order valence-electron chi connectivity index (χ2n) is 8.63. The molecule has 3 heterocycles. The molecule has 168 valence electrons. The van der Waals surface area contributed by atoms with Crippen molar-refractivity contribution < 1.29 is 9.59 Å². The Hall–Kier alpha value is -3.45. The fraction of sp³-hybridized carbons (Fsp3) is 0.269. The number of nitrogens with zero attached hydrogens (tertiary/aromatic N) is 3. The van der Waals surface area contributed by atoms with Gasteiger partial charge >= 0.3 is 0 Å². The third kappa shape index (κ3) is 3.93. The van der Waals surface area contributed by atoms with Crippen molar-refractivity contribution in [2.45, 2.75) is 33.2 Å². The van der Waals surface area contributed by atoms with Gasteiger partial charge in [0.05, 0.1) is 12.2 Å². The summed E-state index contributed by atoms with van der Waals surface area (Å²) in [5.41, 5.74) is 5.64. The highest BCUT2D eigenvalue weighted by Crippen LogP contribution is 2.29. The molecule has 1 saturated heterocycles. The number of rotatable bonds is 5. The normalized spacial score (nSPS) is 15.5. The maximum atomic E-state index is 13.4. The summed E-state index contributed by atoms with van der Waals surface area (Å²) < 4.78 is 1.82. The number of thiazole rings is 1. The first-order valence-corrected chi connectivity index (χ1v) is 11.9. The Morgan fingerprint density at radius 3 is 2.70 bits per heavy atom. The highest BCUT2D eigenvalue weighted by Gasteiger charge is 2.34. The van der Waals surface area contributed by atoms with Crippen LogP contribution in [0.15, 0.2) is 54.9 Å². The summed E-state index contributed by atoms with van der Waals surface area (Å²) in [5.74, 6) is -0.162. The van der Waals surface area contributed by atoms with E-state index < -0.39 is 0 Å². The summed E-state index contributed by atoms with van der Waals surface area (Å²) in [4.78, 5) is 34.3. The summed E-state index contributed by atoms with van der Waals surface area (Å²) in [6.45, 7) is 7.29. The Morgan fingerprint density at radius 1 is 1.12 bits per heavy atom. The Kier molecular flexibility index (Phi) is 5.50. The lowest BCUT2D eigenvalue weighted by atomic mass is 9.94. The number of benzene rings is 2. The van der Waals surface area contributed by atoms with Crippen molar-refractivity contribution in [1.29, 1.82) is 0 Å². The van der Waals surface area contributed by atoms with Crippen LogP contribution in [0, 0.1) is 20.8 Å². The van der Waals surface area contributed by atoms with Gasteiger partial charge in [-0.15, -0.1) is 11.3 Å². The lowest BCUT2D eigenvalue weighted by Gasteiger charge is -2.41. The van der Waals surface area contributed by atoms with Crippen LogP contribution in [0.1, 0.15) is 43.3 Å². The maximum Gasteiger partial charge on any atom is 0.270 e. The average Bonchev–Trinajstić information content (AvgIpc) is 3.33. The molecule has 2 aromatic carbocycles. The van der Waals surface area contributed by atoms with Crippen LogP contribution >= 0.6 is 11.3 Å². The molecule has 7 heteroatoms.